The summed E-state index contributed by atoms with van der Waals surface area (Å²) in [6, 6.07) is 0. The number of piperidine rings is 1. The van der Waals surface area contributed by atoms with Crippen molar-refractivity contribution in [1.82, 2.24) is 10.2 Å². The van der Waals surface area contributed by atoms with Crippen LogP contribution in [0.4, 0.5) is 0 Å². The Bertz CT molecular complexity index is 192. The number of hydrogen-bond acceptors (Lipinski definition) is 3. The quantitative estimate of drug-likeness (QED) is 0.626. The molecule has 0 bridgehead atoms. The Morgan fingerprint density at radius 1 is 1.25 bits per heavy atom. The smallest absolute Gasteiger partial charge is 0.116 e. The number of hydrogen-bond donors (Lipinski definition) is 1. The minimum atomic E-state index is 0.343. The molecule has 3 nitrogen and oxygen atoms in total. The maximum Gasteiger partial charge on any atom is 0.116 e. The summed E-state index contributed by atoms with van der Waals surface area (Å²) in [4.78, 5) is 6.56. The van der Waals surface area contributed by atoms with Gasteiger partial charge in [-0.1, -0.05) is 6.42 Å². The molecule has 1 fully saturated rings. The van der Waals surface area contributed by atoms with Gasteiger partial charge < -0.3 is 5.32 Å². The molecular formula is C9H15N3. The summed E-state index contributed by atoms with van der Waals surface area (Å²) in [5, 5.41) is 3.28. The van der Waals surface area contributed by atoms with Crippen LogP contribution in [0.15, 0.2) is 17.4 Å². The van der Waals surface area contributed by atoms with Gasteiger partial charge in [-0.3, -0.25) is 9.89 Å². The zero-order valence-electron chi connectivity index (χ0n) is 7.24. The van der Waals surface area contributed by atoms with E-state index in [0.717, 1.165) is 0 Å². The second kappa shape index (κ2) is 3.72. The lowest BCUT2D eigenvalue weighted by Gasteiger charge is -2.33. The molecule has 1 saturated heterocycles. The fourth-order valence-corrected chi connectivity index (χ4v) is 1.76. The highest BCUT2D eigenvalue weighted by Crippen LogP contribution is 2.10. The van der Waals surface area contributed by atoms with Gasteiger partial charge in [0.2, 0.25) is 0 Å². The third kappa shape index (κ3) is 1.67. The van der Waals surface area contributed by atoms with E-state index in [0.29, 0.717) is 6.17 Å². The van der Waals surface area contributed by atoms with Crippen molar-refractivity contribution in [2.24, 2.45) is 4.99 Å². The minimum absolute atomic E-state index is 0.343. The molecule has 2 rings (SSSR count). The highest BCUT2D eigenvalue weighted by molar-refractivity contribution is 5.65. The van der Waals surface area contributed by atoms with E-state index < -0.39 is 0 Å². The molecule has 0 radical (unpaired) electrons. The van der Waals surface area contributed by atoms with Gasteiger partial charge in [0, 0.05) is 31.7 Å². The van der Waals surface area contributed by atoms with Crippen molar-refractivity contribution in [3.63, 3.8) is 0 Å². The Hall–Kier alpha value is -0.830. The first-order valence-electron chi connectivity index (χ1n) is 4.65. The van der Waals surface area contributed by atoms with E-state index in [1.807, 2.05) is 12.4 Å². The minimum Gasteiger partial charge on any atom is -0.370 e. The van der Waals surface area contributed by atoms with Crippen LogP contribution >= 0.6 is 0 Å². The van der Waals surface area contributed by atoms with Crippen molar-refractivity contribution in [3.8, 4) is 0 Å². The molecular weight excluding hydrogens is 150 g/mol. The van der Waals surface area contributed by atoms with Gasteiger partial charge in [-0.25, -0.2) is 0 Å². The van der Waals surface area contributed by atoms with Gasteiger partial charge in [-0.2, -0.15) is 0 Å². The summed E-state index contributed by atoms with van der Waals surface area (Å²) >= 11 is 0. The van der Waals surface area contributed by atoms with Crippen molar-refractivity contribution in [3.05, 3.63) is 12.4 Å². The van der Waals surface area contributed by atoms with E-state index in [2.05, 4.69) is 15.2 Å². The molecule has 1 atom stereocenters. The number of nitrogens with one attached hydrogen (secondary N) is 1. The molecule has 0 amide bonds. The Kier molecular flexibility index (Phi) is 2.42. The number of likely N-dealkylation sites (tertiary alicyclic amines) is 1. The van der Waals surface area contributed by atoms with Gasteiger partial charge >= 0.3 is 0 Å². The normalized spacial score (nSPS) is 30.2. The zero-order chi connectivity index (χ0) is 8.23. The summed E-state index contributed by atoms with van der Waals surface area (Å²) in [5.74, 6) is 0. The summed E-state index contributed by atoms with van der Waals surface area (Å²) in [6.45, 7) is 2.41. The van der Waals surface area contributed by atoms with E-state index in [1.54, 1.807) is 6.20 Å². The van der Waals surface area contributed by atoms with Crippen molar-refractivity contribution >= 4 is 6.21 Å². The molecule has 3 heteroatoms. The molecule has 66 valence electrons. The average molecular weight is 165 g/mol. The molecule has 0 aromatic carbocycles. The van der Waals surface area contributed by atoms with Crippen LogP contribution in [0.1, 0.15) is 19.3 Å². The van der Waals surface area contributed by atoms with E-state index in [1.165, 1.54) is 32.4 Å². The van der Waals surface area contributed by atoms with E-state index in [4.69, 9.17) is 0 Å². The van der Waals surface area contributed by atoms with Crippen LogP contribution in [-0.4, -0.2) is 30.4 Å². The van der Waals surface area contributed by atoms with Gasteiger partial charge in [0.15, 0.2) is 0 Å². The average Bonchev–Trinajstić information content (AvgIpc) is 2.21. The van der Waals surface area contributed by atoms with Crippen molar-refractivity contribution in [2.75, 3.05) is 13.1 Å². The monoisotopic (exact) mass is 165 g/mol. The fraction of sp³-hybridized carbons (Fsp3) is 0.667. The largest absolute Gasteiger partial charge is 0.370 e. The third-order valence-corrected chi connectivity index (χ3v) is 2.44. The molecule has 12 heavy (non-hydrogen) atoms. The first-order valence-corrected chi connectivity index (χ1v) is 4.65. The Morgan fingerprint density at radius 2 is 2.08 bits per heavy atom. The summed E-state index contributed by atoms with van der Waals surface area (Å²) in [5.41, 5.74) is 0. The Labute approximate surface area is 73.2 Å². The second-order valence-electron chi connectivity index (χ2n) is 3.32. The third-order valence-electron chi connectivity index (χ3n) is 2.44. The first-order chi connectivity index (χ1) is 5.97. The summed E-state index contributed by atoms with van der Waals surface area (Å²) in [7, 11) is 0. The molecule has 0 spiro atoms. The molecule has 2 aliphatic rings. The van der Waals surface area contributed by atoms with Crippen LogP contribution in [0.2, 0.25) is 0 Å². The van der Waals surface area contributed by atoms with Crippen LogP contribution in [0.3, 0.4) is 0 Å². The van der Waals surface area contributed by atoms with Gasteiger partial charge in [0.25, 0.3) is 0 Å². The van der Waals surface area contributed by atoms with Crippen molar-refractivity contribution in [2.45, 2.75) is 25.4 Å². The molecule has 1 N–H and O–H groups in total. The highest BCUT2D eigenvalue weighted by atomic mass is 15.3. The van der Waals surface area contributed by atoms with Crippen LogP contribution in [0.5, 0.6) is 0 Å². The maximum absolute atomic E-state index is 4.12. The van der Waals surface area contributed by atoms with Gasteiger partial charge in [0.05, 0.1) is 0 Å². The maximum atomic E-state index is 4.12. The Morgan fingerprint density at radius 3 is 2.75 bits per heavy atom. The number of aliphatic imine (C=N–C) groups is 1. The van der Waals surface area contributed by atoms with Gasteiger partial charge in [0.1, 0.15) is 6.17 Å². The standard InChI is InChI=1S/C9H15N3/c1-2-6-12(7-3-1)9-8-10-4-5-11-9/h4-5,8-9,11H,1-3,6-7H2. The second-order valence-corrected chi connectivity index (χ2v) is 3.32. The molecule has 1 unspecified atom stereocenters. The highest BCUT2D eigenvalue weighted by Gasteiger charge is 2.17. The predicted octanol–water partition coefficient (Wildman–Crippen LogP) is 0.944. The Balaban J connectivity index is 1.90. The van der Waals surface area contributed by atoms with Crippen LogP contribution in [-0.2, 0) is 0 Å². The lowest BCUT2D eigenvalue weighted by Crippen LogP contribution is -2.47. The van der Waals surface area contributed by atoms with E-state index in [9.17, 15) is 0 Å². The fourth-order valence-electron chi connectivity index (χ4n) is 1.76. The van der Waals surface area contributed by atoms with E-state index >= 15 is 0 Å². The molecule has 2 aliphatic heterocycles. The molecule has 2 heterocycles. The number of rotatable bonds is 1. The summed E-state index contributed by atoms with van der Waals surface area (Å²) in [6.07, 6.45) is 10.1. The molecule has 0 aromatic heterocycles. The first kappa shape index (κ1) is 7.80. The SMILES string of the molecule is C1=CNC(N2CCCCC2)C=N1. The zero-order valence-corrected chi connectivity index (χ0v) is 7.24. The van der Waals surface area contributed by atoms with Gasteiger partial charge in [-0.15, -0.1) is 0 Å². The predicted molar refractivity (Wildman–Crippen MR) is 50.0 cm³/mol. The topological polar surface area (TPSA) is 27.6 Å². The van der Waals surface area contributed by atoms with Crippen molar-refractivity contribution < 1.29 is 0 Å². The van der Waals surface area contributed by atoms with Gasteiger partial charge in [-0.05, 0) is 12.8 Å². The molecule has 0 saturated carbocycles. The van der Waals surface area contributed by atoms with Crippen LogP contribution in [0, 0.1) is 0 Å². The van der Waals surface area contributed by atoms with Crippen LogP contribution < -0.4 is 5.32 Å². The summed E-state index contributed by atoms with van der Waals surface area (Å²) < 4.78 is 0. The lowest BCUT2D eigenvalue weighted by atomic mass is 10.1. The molecule has 0 aromatic rings. The van der Waals surface area contributed by atoms with Crippen LogP contribution in [0.25, 0.3) is 0 Å². The lowest BCUT2D eigenvalue weighted by molar-refractivity contribution is 0.190. The van der Waals surface area contributed by atoms with E-state index in [-0.39, 0.29) is 0 Å². The van der Waals surface area contributed by atoms with Crippen molar-refractivity contribution in [1.29, 1.82) is 0 Å². The molecule has 0 aliphatic carbocycles. The number of nitrogens with zero attached hydrogens (tertiary/aromatic N) is 2.